The minimum atomic E-state index is -0.438. The van der Waals surface area contributed by atoms with E-state index in [0.29, 0.717) is 17.3 Å². The highest BCUT2D eigenvalue weighted by Crippen LogP contribution is 2.33. The number of rotatable bonds is 3. The number of aromatic amines is 1. The van der Waals surface area contributed by atoms with Crippen LogP contribution in [-0.4, -0.2) is 41.4 Å². The maximum absolute atomic E-state index is 13.1. The average molecular weight is 410 g/mol. The van der Waals surface area contributed by atoms with Crippen molar-refractivity contribution in [3.8, 4) is 5.75 Å². The number of hydrogen-bond donors (Lipinski definition) is 1. The van der Waals surface area contributed by atoms with Crippen LogP contribution in [-0.2, 0) is 22.6 Å². The Labute approximate surface area is 173 Å². The van der Waals surface area contributed by atoms with Gasteiger partial charge in [-0.15, -0.1) is 0 Å². The van der Waals surface area contributed by atoms with Gasteiger partial charge < -0.3 is 9.72 Å². The molecule has 1 fully saturated rings. The zero-order chi connectivity index (χ0) is 20.1. The van der Waals surface area contributed by atoms with E-state index in [1.165, 1.54) is 10.5 Å². The number of amides is 2. The highest BCUT2D eigenvalue weighted by Gasteiger charge is 2.43. The maximum atomic E-state index is 13.1. The molecule has 1 saturated heterocycles. The van der Waals surface area contributed by atoms with Crippen molar-refractivity contribution in [1.82, 2.24) is 9.88 Å². The fraction of sp³-hybridized carbons (Fsp3) is 0.273. The second-order valence-corrected chi connectivity index (χ2v) is 7.91. The van der Waals surface area contributed by atoms with Gasteiger partial charge in [0.25, 0.3) is 5.91 Å². The number of ether oxygens (including phenoxy) is 1. The molecule has 0 spiro atoms. The van der Waals surface area contributed by atoms with Gasteiger partial charge in [0.2, 0.25) is 5.91 Å². The van der Waals surface area contributed by atoms with Crippen LogP contribution < -0.4 is 9.64 Å². The van der Waals surface area contributed by atoms with Gasteiger partial charge in [-0.1, -0.05) is 11.6 Å². The molecule has 148 valence electrons. The molecule has 2 aliphatic rings. The minimum absolute atomic E-state index is 0.168. The molecule has 2 amide bonds. The van der Waals surface area contributed by atoms with Crippen LogP contribution >= 0.6 is 11.6 Å². The summed E-state index contributed by atoms with van der Waals surface area (Å²) in [5, 5.41) is 1.74. The molecule has 2 aromatic carbocycles. The van der Waals surface area contributed by atoms with E-state index in [1.807, 2.05) is 18.2 Å². The number of carbonyl (C=O) groups excluding carboxylic acids is 2. The minimum Gasteiger partial charge on any atom is -0.497 e. The smallest absolute Gasteiger partial charge is 0.251 e. The number of nitrogens with one attached hydrogen (secondary N) is 1. The zero-order valence-corrected chi connectivity index (χ0v) is 16.7. The zero-order valence-electron chi connectivity index (χ0n) is 15.9. The van der Waals surface area contributed by atoms with E-state index >= 15 is 0 Å². The fourth-order valence-corrected chi connectivity index (χ4v) is 4.52. The Morgan fingerprint density at radius 1 is 1.14 bits per heavy atom. The fourth-order valence-electron chi connectivity index (χ4n) is 4.40. The molecule has 1 unspecified atom stereocenters. The Morgan fingerprint density at radius 2 is 1.93 bits per heavy atom. The van der Waals surface area contributed by atoms with Crippen LogP contribution in [0.1, 0.15) is 17.7 Å². The molecule has 1 N–H and O–H groups in total. The van der Waals surface area contributed by atoms with Crippen molar-refractivity contribution < 1.29 is 14.3 Å². The van der Waals surface area contributed by atoms with Gasteiger partial charge in [-0.2, -0.15) is 0 Å². The SMILES string of the molecule is COc1ccc2[nH]c3c(c2c1)CCN(C1CC(=O)N(c2ccc(Cl)cc2)C1=O)C3. The second kappa shape index (κ2) is 6.90. The average Bonchev–Trinajstić information content (AvgIpc) is 3.24. The second-order valence-electron chi connectivity index (χ2n) is 7.48. The first-order chi connectivity index (χ1) is 14.0. The third-order valence-corrected chi connectivity index (χ3v) is 6.11. The lowest BCUT2D eigenvalue weighted by Gasteiger charge is -2.30. The van der Waals surface area contributed by atoms with E-state index in [-0.39, 0.29) is 18.2 Å². The van der Waals surface area contributed by atoms with Gasteiger partial charge in [-0.3, -0.25) is 14.5 Å². The third-order valence-electron chi connectivity index (χ3n) is 5.86. The van der Waals surface area contributed by atoms with Crippen molar-refractivity contribution in [1.29, 1.82) is 0 Å². The van der Waals surface area contributed by atoms with E-state index in [2.05, 4.69) is 9.88 Å². The molecule has 0 radical (unpaired) electrons. The number of benzene rings is 2. The van der Waals surface area contributed by atoms with E-state index < -0.39 is 6.04 Å². The van der Waals surface area contributed by atoms with Gasteiger partial charge in [0.15, 0.2) is 0 Å². The summed E-state index contributed by atoms with van der Waals surface area (Å²) in [6.07, 6.45) is 1.02. The number of fused-ring (bicyclic) bond motifs is 3. The molecule has 2 aliphatic heterocycles. The van der Waals surface area contributed by atoms with Crippen molar-refractivity contribution in [3.05, 3.63) is 58.7 Å². The lowest BCUT2D eigenvalue weighted by molar-refractivity contribution is -0.123. The molecule has 5 rings (SSSR count). The highest BCUT2D eigenvalue weighted by atomic mass is 35.5. The van der Waals surface area contributed by atoms with Crippen LogP contribution in [0.2, 0.25) is 5.02 Å². The van der Waals surface area contributed by atoms with Crippen molar-refractivity contribution in [3.63, 3.8) is 0 Å². The number of nitrogens with zero attached hydrogens (tertiary/aromatic N) is 2. The highest BCUT2D eigenvalue weighted by molar-refractivity contribution is 6.30. The van der Waals surface area contributed by atoms with Gasteiger partial charge in [0.05, 0.1) is 25.3 Å². The molecule has 0 bridgehead atoms. The van der Waals surface area contributed by atoms with Gasteiger partial charge in [0.1, 0.15) is 5.75 Å². The van der Waals surface area contributed by atoms with E-state index in [0.717, 1.165) is 35.3 Å². The Morgan fingerprint density at radius 3 is 2.69 bits per heavy atom. The summed E-state index contributed by atoms with van der Waals surface area (Å²) in [7, 11) is 1.66. The Hall–Kier alpha value is -2.83. The summed E-state index contributed by atoms with van der Waals surface area (Å²) in [4.78, 5) is 32.5. The van der Waals surface area contributed by atoms with Crippen molar-refractivity contribution in [2.45, 2.75) is 25.4 Å². The number of H-pyrrole nitrogens is 1. The molecular formula is C22H20ClN3O3. The molecule has 6 nitrogen and oxygen atoms in total. The molecule has 29 heavy (non-hydrogen) atoms. The number of hydrogen-bond acceptors (Lipinski definition) is 4. The molecule has 3 heterocycles. The molecular weight excluding hydrogens is 390 g/mol. The quantitative estimate of drug-likeness (QED) is 0.672. The van der Waals surface area contributed by atoms with Crippen LogP contribution in [0.3, 0.4) is 0 Å². The summed E-state index contributed by atoms with van der Waals surface area (Å²) in [6, 6.07) is 12.4. The summed E-state index contributed by atoms with van der Waals surface area (Å²) in [5.74, 6) is 0.491. The van der Waals surface area contributed by atoms with Gasteiger partial charge in [-0.25, -0.2) is 4.90 Å². The number of imide groups is 1. The number of methoxy groups -OCH3 is 1. The van der Waals surface area contributed by atoms with E-state index in [9.17, 15) is 9.59 Å². The molecule has 1 atom stereocenters. The first kappa shape index (κ1) is 18.2. The Balaban J connectivity index is 1.41. The summed E-state index contributed by atoms with van der Waals surface area (Å²) < 4.78 is 5.35. The Kier molecular flexibility index (Phi) is 4.33. The normalized spacial score (nSPS) is 19.8. The number of anilines is 1. The molecule has 1 aromatic heterocycles. The van der Waals surface area contributed by atoms with Gasteiger partial charge in [0, 0.05) is 34.7 Å². The summed E-state index contributed by atoms with van der Waals surface area (Å²) >= 11 is 5.93. The topological polar surface area (TPSA) is 65.6 Å². The van der Waals surface area contributed by atoms with Crippen molar-refractivity contribution >= 4 is 40.0 Å². The maximum Gasteiger partial charge on any atom is 0.251 e. The lowest BCUT2D eigenvalue weighted by Crippen LogP contribution is -2.44. The Bertz CT molecular complexity index is 1120. The predicted molar refractivity (Wildman–Crippen MR) is 111 cm³/mol. The molecule has 3 aromatic rings. The number of carbonyl (C=O) groups is 2. The summed E-state index contributed by atoms with van der Waals surface area (Å²) in [6.45, 7) is 1.35. The molecule has 7 heteroatoms. The summed E-state index contributed by atoms with van der Waals surface area (Å²) in [5.41, 5.74) is 4.00. The third kappa shape index (κ3) is 2.99. The van der Waals surface area contributed by atoms with Crippen molar-refractivity contribution in [2.75, 3.05) is 18.6 Å². The first-order valence-electron chi connectivity index (χ1n) is 9.59. The monoisotopic (exact) mass is 409 g/mol. The largest absolute Gasteiger partial charge is 0.497 e. The molecule has 0 aliphatic carbocycles. The van der Waals surface area contributed by atoms with Crippen LogP contribution in [0, 0.1) is 0 Å². The van der Waals surface area contributed by atoms with Crippen LogP contribution in [0.15, 0.2) is 42.5 Å². The van der Waals surface area contributed by atoms with Crippen LogP contribution in [0.4, 0.5) is 5.69 Å². The van der Waals surface area contributed by atoms with Gasteiger partial charge in [-0.05, 0) is 54.4 Å². The van der Waals surface area contributed by atoms with Crippen molar-refractivity contribution in [2.24, 2.45) is 0 Å². The number of aromatic nitrogens is 1. The molecule has 0 saturated carbocycles. The van der Waals surface area contributed by atoms with Gasteiger partial charge >= 0.3 is 0 Å². The first-order valence-corrected chi connectivity index (χ1v) is 9.97. The van der Waals surface area contributed by atoms with Crippen LogP contribution in [0.25, 0.3) is 10.9 Å². The van der Waals surface area contributed by atoms with E-state index in [4.69, 9.17) is 16.3 Å². The standard InChI is InChI=1S/C22H20ClN3O3/c1-29-15-6-7-18-17(10-15)16-8-9-25(12-19(16)24-18)20-11-21(27)26(22(20)28)14-4-2-13(23)3-5-14/h2-7,10,20,24H,8-9,11-12H2,1H3. The lowest BCUT2D eigenvalue weighted by atomic mass is 10.0. The van der Waals surface area contributed by atoms with Crippen LogP contribution in [0.5, 0.6) is 5.75 Å². The number of halogens is 1. The predicted octanol–water partition coefficient (Wildman–Crippen LogP) is 3.52. The van der Waals surface area contributed by atoms with E-state index in [1.54, 1.807) is 31.4 Å².